The van der Waals surface area contributed by atoms with Crippen LogP contribution >= 0.6 is 0 Å². The molecule has 0 amide bonds. The Morgan fingerprint density at radius 2 is 1.29 bits per heavy atom. The highest BCUT2D eigenvalue weighted by Gasteiger charge is 2.11. The average molecular weight is 345 g/mol. The van der Waals surface area contributed by atoms with Crippen molar-refractivity contribution in [3.63, 3.8) is 0 Å². The van der Waals surface area contributed by atoms with E-state index in [-0.39, 0.29) is 24.6 Å². The van der Waals surface area contributed by atoms with Crippen molar-refractivity contribution in [1.29, 1.82) is 0 Å². The minimum absolute atomic E-state index is 0.148. The maximum absolute atomic E-state index is 11.5. The van der Waals surface area contributed by atoms with E-state index in [0.29, 0.717) is 12.8 Å². The molecular formula is C20H40O4. The second-order valence-electron chi connectivity index (χ2n) is 6.21. The van der Waals surface area contributed by atoms with E-state index in [1.54, 1.807) is 13.8 Å². The second-order valence-corrected chi connectivity index (χ2v) is 6.21. The Bertz CT molecular complexity index is 287. The molecule has 0 bridgehead atoms. The Labute approximate surface area is 149 Å². The van der Waals surface area contributed by atoms with Gasteiger partial charge in [-0.05, 0) is 13.3 Å². The summed E-state index contributed by atoms with van der Waals surface area (Å²) in [6.07, 6.45) is 11.3. The van der Waals surface area contributed by atoms with E-state index in [4.69, 9.17) is 9.47 Å². The van der Waals surface area contributed by atoms with Gasteiger partial charge in [0.15, 0.2) is 0 Å². The smallest absolute Gasteiger partial charge is 0.306 e. The van der Waals surface area contributed by atoms with Gasteiger partial charge in [0, 0.05) is 12.8 Å². The van der Waals surface area contributed by atoms with Gasteiger partial charge >= 0.3 is 11.9 Å². The Kier molecular flexibility index (Phi) is 21.0. The van der Waals surface area contributed by atoms with Gasteiger partial charge in [0.2, 0.25) is 0 Å². The first kappa shape index (κ1) is 25.2. The predicted molar refractivity (Wildman–Crippen MR) is 100.0 cm³/mol. The molecular weight excluding hydrogens is 304 g/mol. The topological polar surface area (TPSA) is 52.6 Å². The van der Waals surface area contributed by atoms with Gasteiger partial charge in [0.25, 0.3) is 0 Å². The van der Waals surface area contributed by atoms with E-state index in [2.05, 4.69) is 20.8 Å². The van der Waals surface area contributed by atoms with Crippen molar-refractivity contribution < 1.29 is 19.1 Å². The minimum Gasteiger partial charge on any atom is -0.462 e. The summed E-state index contributed by atoms with van der Waals surface area (Å²) in [6, 6.07) is 0. The van der Waals surface area contributed by atoms with E-state index >= 15 is 0 Å². The molecule has 0 fully saturated rings. The summed E-state index contributed by atoms with van der Waals surface area (Å²) >= 11 is 0. The summed E-state index contributed by atoms with van der Waals surface area (Å²) in [6.45, 7) is 10.2. The van der Waals surface area contributed by atoms with Crippen LogP contribution < -0.4 is 0 Å². The lowest BCUT2D eigenvalue weighted by Crippen LogP contribution is -2.22. The van der Waals surface area contributed by atoms with Crippen LogP contribution in [0, 0.1) is 0 Å². The molecule has 0 aromatic carbocycles. The Morgan fingerprint density at radius 1 is 0.750 bits per heavy atom. The lowest BCUT2D eigenvalue weighted by atomic mass is 10.1. The summed E-state index contributed by atoms with van der Waals surface area (Å²) in [5.74, 6) is -0.460. The van der Waals surface area contributed by atoms with Crippen LogP contribution in [0.4, 0.5) is 0 Å². The number of ether oxygens (including phenoxy) is 2. The lowest BCUT2D eigenvalue weighted by Gasteiger charge is -2.13. The van der Waals surface area contributed by atoms with Gasteiger partial charge in [-0.15, -0.1) is 0 Å². The number of rotatable bonds is 13. The third-order valence-electron chi connectivity index (χ3n) is 3.58. The predicted octanol–water partition coefficient (Wildman–Crippen LogP) is 5.82. The summed E-state index contributed by atoms with van der Waals surface area (Å²) in [5, 5.41) is 0. The molecule has 144 valence electrons. The molecule has 0 N–H and O–H groups in total. The summed E-state index contributed by atoms with van der Waals surface area (Å²) in [4.78, 5) is 22.5. The van der Waals surface area contributed by atoms with Crippen molar-refractivity contribution in [2.75, 3.05) is 6.61 Å². The zero-order valence-electron chi connectivity index (χ0n) is 16.7. The molecule has 0 saturated heterocycles. The molecule has 24 heavy (non-hydrogen) atoms. The third kappa shape index (κ3) is 20.9. The zero-order chi connectivity index (χ0) is 18.6. The normalized spacial score (nSPS) is 11.2. The van der Waals surface area contributed by atoms with Gasteiger partial charge in [-0.3, -0.25) is 9.59 Å². The first-order valence-electron chi connectivity index (χ1n) is 9.86. The number of carbonyl (C=O) groups is 2. The van der Waals surface area contributed by atoms with E-state index < -0.39 is 0 Å². The molecule has 0 aliphatic heterocycles. The number of unbranched alkanes of at least 4 members (excludes halogenated alkanes) is 7. The molecule has 0 radical (unpaired) electrons. The average Bonchev–Trinajstić information content (AvgIpc) is 2.59. The van der Waals surface area contributed by atoms with Crippen LogP contribution in [0.3, 0.4) is 0 Å². The highest BCUT2D eigenvalue weighted by atomic mass is 16.6. The maximum atomic E-state index is 11.5. The highest BCUT2D eigenvalue weighted by Crippen LogP contribution is 2.09. The van der Waals surface area contributed by atoms with E-state index in [1.165, 1.54) is 44.9 Å². The SMILES string of the molecule is CCCC.CCCCCCCCCC(=O)O[C@@H](C)COC(=O)CC. The fraction of sp³-hybridized carbons (Fsp3) is 0.900. The number of esters is 2. The number of hydrogen-bond acceptors (Lipinski definition) is 4. The van der Waals surface area contributed by atoms with Crippen LogP contribution in [-0.2, 0) is 19.1 Å². The van der Waals surface area contributed by atoms with Crippen LogP contribution in [0.15, 0.2) is 0 Å². The van der Waals surface area contributed by atoms with Gasteiger partial charge in [-0.2, -0.15) is 0 Å². The van der Waals surface area contributed by atoms with Gasteiger partial charge < -0.3 is 9.47 Å². The summed E-state index contributed by atoms with van der Waals surface area (Å²) in [5.41, 5.74) is 0. The molecule has 0 spiro atoms. The molecule has 0 aliphatic carbocycles. The first-order valence-corrected chi connectivity index (χ1v) is 9.86. The quantitative estimate of drug-likeness (QED) is 0.312. The zero-order valence-corrected chi connectivity index (χ0v) is 16.7. The highest BCUT2D eigenvalue weighted by molar-refractivity contribution is 5.70. The van der Waals surface area contributed by atoms with Crippen LogP contribution in [0.5, 0.6) is 0 Å². The largest absolute Gasteiger partial charge is 0.462 e. The molecule has 0 unspecified atom stereocenters. The van der Waals surface area contributed by atoms with Crippen molar-refractivity contribution in [2.24, 2.45) is 0 Å². The van der Waals surface area contributed by atoms with E-state index in [1.807, 2.05) is 0 Å². The van der Waals surface area contributed by atoms with Crippen molar-refractivity contribution in [1.82, 2.24) is 0 Å². The molecule has 0 rings (SSSR count). The van der Waals surface area contributed by atoms with Gasteiger partial charge in [0.05, 0.1) is 0 Å². The monoisotopic (exact) mass is 344 g/mol. The van der Waals surface area contributed by atoms with Crippen LogP contribution in [0.1, 0.15) is 105 Å². The molecule has 0 heterocycles. The van der Waals surface area contributed by atoms with Crippen molar-refractivity contribution in [3.05, 3.63) is 0 Å². The molecule has 0 aromatic heterocycles. The van der Waals surface area contributed by atoms with E-state index in [9.17, 15) is 9.59 Å². The van der Waals surface area contributed by atoms with E-state index in [0.717, 1.165) is 12.8 Å². The molecule has 4 nitrogen and oxygen atoms in total. The second kappa shape index (κ2) is 20.0. The first-order chi connectivity index (χ1) is 11.5. The van der Waals surface area contributed by atoms with Crippen LogP contribution in [-0.4, -0.2) is 24.6 Å². The fourth-order valence-corrected chi connectivity index (χ4v) is 1.86. The lowest BCUT2D eigenvalue weighted by molar-refractivity contribution is -0.157. The fourth-order valence-electron chi connectivity index (χ4n) is 1.86. The van der Waals surface area contributed by atoms with Crippen LogP contribution in [0.2, 0.25) is 0 Å². The molecule has 0 saturated carbocycles. The molecule has 0 aromatic rings. The van der Waals surface area contributed by atoms with Gasteiger partial charge in [0.1, 0.15) is 12.7 Å². The third-order valence-corrected chi connectivity index (χ3v) is 3.58. The summed E-state index contributed by atoms with van der Waals surface area (Å²) in [7, 11) is 0. The molecule has 4 heteroatoms. The Hall–Kier alpha value is -1.06. The van der Waals surface area contributed by atoms with Crippen molar-refractivity contribution >= 4 is 11.9 Å². The molecule has 1 atom stereocenters. The number of hydrogen-bond donors (Lipinski definition) is 0. The van der Waals surface area contributed by atoms with Crippen molar-refractivity contribution in [2.45, 2.75) is 111 Å². The minimum atomic E-state index is -0.359. The Balaban J connectivity index is 0. The number of carbonyl (C=O) groups excluding carboxylic acids is 2. The van der Waals surface area contributed by atoms with Gasteiger partial charge in [-0.1, -0.05) is 79.1 Å². The maximum Gasteiger partial charge on any atom is 0.306 e. The van der Waals surface area contributed by atoms with Crippen LogP contribution in [0.25, 0.3) is 0 Å². The molecule has 0 aliphatic rings. The summed E-state index contributed by atoms with van der Waals surface area (Å²) < 4.78 is 10.1. The standard InChI is InChI=1S/C16H30O4.C4H10/c1-4-6-7-8-9-10-11-12-16(18)20-14(3)13-19-15(17)5-2;1-3-4-2/h14H,4-13H2,1-3H3;3-4H2,1-2H3/t14-;/m0./s1. The van der Waals surface area contributed by atoms with Gasteiger partial charge in [-0.25, -0.2) is 0 Å². The Morgan fingerprint density at radius 3 is 1.79 bits per heavy atom. The van der Waals surface area contributed by atoms with Crippen molar-refractivity contribution in [3.8, 4) is 0 Å².